The smallest absolute Gasteiger partial charge is 0.0540 e. The van der Waals surface area contributed by atoms with E-state index in [4.69, 9.17) is 0 Å². The van der Waals surface area contributed by atoms with Crippen LogP contribution in [0.25, 0.3) is 100 Å². The van der Waals surface area contributed by atoms with Crippen molar-refractivity contribution in [3.63, 3.8) is 0 Å². The lowest BCUT2D eigenvalue weighted by Gasteiger charge is -2.32. The molecular weight excluding hydrogens is 1230 g/mol. The van der Waals surface area contributed by atoms with Gasteiger partial charge in [0.1, 0.15) is 0 Å². The van der Waals surface area contributed by atoms with E-state index in [1.165, 1.54) is 167 Å². The first-order chi connectivity index (χ1) is 49.2. The molecule has 0 heterocycles. The van der Waals surface area contributed by atoms with Crippen molar-refractivity contribution in [2.45, 2.75) is 105 Å². The molecule has 0 aliphatic heterocycles. The first kappa shape index (κ1) is 62.9. The van der Waals surface area contributed by atoms with Crippen molar-refractivity contribution >= 4 is 34.1 Å². The van der Waals surface area contributed by atoms with Gasteiger partial charge in [0.05, 0.1) is 11.4 Å². The van der Waals surface area contributed by atoms with E-state index in [-0.39, 0.29) is 21.7 Å². The van der Waals surface area contributed by atoms with Gasteiger partial charge in [-0.3, -0.25) is 0 Å². The van der Waals surface area contributed by atoms with Gasteiger partial charge in [-0.25, -0.2) is 0 Å². The predicted molar refractivity (Wildman–Crippen MR) is 432 cm³/mol. The Balaban J connectivity index is 0.750. The summed E-state index contributed by atoms with van der Waals surface area (Å²) in [6.07, 6.45) is 0. The van der Waals surface area contributed by atoms with Crippen LogP contribution >= 0.6 is 0 Å². The average Bonchev–Trinajstić information content (AvgIpc) is 1.56. The molecule has 0 fully saturated rings. The molecule has 2 heteroatoms. The molecule has 494 valence electrons. The van der Waals surface area contributed by atoms with Crippen LogP contribution < -0.4 is 9.80 Å². The lowest BCUT2D eigenvalue weighted by molar-refractivity contribution is 0.659. The molecule has 0 aromatic heterocycles. The van der Waals surface area contributed by atoms with E-state index >= 15 is 0 Å². The van der Waals surface area contributed by atoms with Gasteiger partial charge in [-0.15, -0.1) is 0 Å². The minimum atomic E-state index is -0.328. The van der Waals surface area contributed by atoms with Crippen molar-refractivity contribution < 1.29 is 0 Å². The normalized spacial score (nSPS) is 14.6. The standard InChI is InChI=1S/C100H84N2/c1-61-25-16-17-30-74(61)84-55-69(41-52-94(84)101(70-42-47-79-75-31-18-21-34-86(75)97(5,6)90(79)57-70)71-43-48-80-76-32-19-22-35-87(76)98(7,8)91(80)58-71)83-53-67(38-37-62(83)2)68-39-46-78-82-50-45-73(60-93(82)100(11,12)89(78)56-68)102(72-44-49-81-77-33-20-23-36-88(77)99(9,10)92(81)59-72)95-51-40-66(65-28-14-13-15-29-65)54-85(95)96-63(3)26-24-27-64(96)4/h13-60H,1-12H3. The number of anilines is 6. The quantitative estimate of drug-likeness (QED) is 0.127. The van der Waals surface area contributed by atoms with Crippen molar-refractivity contribution in [3.8, 4) is 100 Å². The molecule has 0 unspecified atom stereocenters. The number of rotatable bonds is 11. The molecule has 0 saturated carbocycles. The highest BCUT2D eigenvalue weighted by atomic mass is 15.2. The van der Waals surface area contributed by atoms with E-state index in [1.54, 1.807) is 0 Å². The molecule has 2 nitrogen and oxygen atoms in total. The predicted octanol–water partition coefficient (Wildman–Crippen LogP) is 27.4. The van der Waals surface area contributed by atoms with Crippen molar-refractivity contribution in [1.82, 2.24) is 0 Å². The zero-order chi connectivity index (χ0) is 69.9. The number of hydrogen-bond acceptors (Lipinski definition) is 2. The molecule has 0 saturated heterocycles. The molecule has 0 bridgehead atoms. The second kappa shape index (κ2) is 23.1. The summed E-state index contributed by atoms with van der Waals surface area (Å²) in [5.74, 6) is 0. The fourth-order valence-corrected chi connectivity index (χ4v) is 18.5. The number of aryl methyl sites for hydroxylation is 4. The molecule has 0 amide bonds. The van der Waals surface area contributed by atoms with Crippen molar-refractivity contribution in [2.75, 3.05) is 9.80 Å². The first-order valence-electron chi connectivity index (χ1n) is 36.5. The van der Waals surface area contributed by atoms with Crippen LogP contribution in [0.1, 0.15) is 122 Å². The lowest BCUT2D eigenvalue weighted by atomic mass is 9.81. The molecule has 14 aromatic carbocycles. The van der Waals surface area contributed by atoms with Gasteiger partial charge in [0.25, 0.3) is 0 Å². The summed E-state index contributed by atoms with van der Waals surface area (Å²) in [6.45, 7) is 28.3. The van der Waals surface area contributed by atoms with Crippen molar-refractivity contribution in [2.24, 2.45) is 0 Å². The number of fused-ring (bicyclic) bond motifs is 12. The van der Waals surface area contributed by atoms with E-state index < -0.39 is 0 Å². The molecule has 0 radical (unpaired) electrons. The average molecular weight is 1310 g/mol. The summed E-state index contributed by atoms with van der Waals surface area (Å²) in [4.78, 5) is 5.11. The maximum Gasteiger partial charge on any atom is 0.0540 e. The Morgan fingerprint density at radius 1 is 0.186 bits per heavy atom. The van der Waals surface area contributed by atoms with Gasteiger partial charge in [0.2, 0.25) is 0 Å². The van der Waals surface area contributed by atoms with Crippen LogP contribution in [0.5, 0.6) is 0 Å². The summed E-state index contributed by atoms with van der Waals surface area (Å²) in [6, 6.07) is 111. The van der Waals surface area contributed by atoms with Gasteiger partial charge >= 0.3 is 0 Å². The van der Waals surface area contributed by atoms with Gasteiger partial charge in [0.15, 0.2) is 0 Å². The third-order valence-electron chi connectivity index (χ3n) is 24.0. The molecule has 102 heavy (non-hydrogen) atoms. The Labute approximate surface area is 603 Å². The summed E-state index contributed by atoms with van der Waals surface area (Å²) >= 11 is 0. The van der Waals surface area contributed by atoms with E-state index in [2.05, 4.69) is 384 Å². The van der Waals surface area contributed by atoms with Crippen molar-refractivity contribution in [1.29, 1.82) is 0 Å². The minimum Gasteiger partial charge on any atom is -0.310 e. The molecule has 4 aliphatic carbocycles. The van der Waals surface area contributed by atoms with E-state index in [1.807, 2.05) is 0 Å². The Morgan fingerprint density at radius 2 is 0.500 bits per heavy atom. The SMILES string of the molecule is Cc1ccc(-c2ccc3c(c2)C(C)(C)c2cc(N(c4ccc5c(c4)C(C)(C)c4ccccc4-5)c4ccc(-c5ccccc5)cc4-c4c(C)cccc4C)ccc2-3)cc1-c1ccc(N(c2ccc3c(c2)C(C)(C)c2ccccc2-3)c2ccc3c(c2)C(C)(C)c2ccccc2-3)c(-c2ccccc2C)c1. The summed E-state index contributed by atoms with van der Waals surface area (Å²) < 4.78 is 0. The molecule has 14 aromatic rings. The van der Waals surface area contributed by atoms with Crippen LogP contribution in [0.2, 0.25) is 0 Å². The Morgan fingerprint density at radius 3 is 0.980 bits per heavy atom. The number of benzene rings is 14. The zero-order valence-corrected chi connectivity index (χ0v) is 60.6. The second-order valence-corrected chi connectivity index (χ2v) is 31.4. The third kappa shape index (κ3) is 9.59. The maximum atomic E-state index is 2.56. The largest absolute Gasteiger partial charge is 0.310 e. The highest BCUT2D eigenvalue weighted by Gasteiger charge is 2.41. The van der Waals surface area contributed by atoms with Gasteiger partial charge in [-0.1, -0.05) is 262 Å². The van der Waals surface area contributed by atoms with Crippen LogP contribution in [0, 0.1) is 27.7 Å². The Kier molecular flexibility index (Phi) is 14.3. The van der Waals surface area contributed by atoms with Gasteiger partial charge < -0.3 is 9.80 Å². The van der Waals surface area contributed by atoms with E-state index in [0.29, 0.717) is 0 Å². The van der Waals surface area contributed by atoms with Crippen LogP contribution in [-0.2, 0) is 21.7 Å². The molecule has 4 aliphatic rings. The number of nitrogens with zero attached hydrogens (tertiary/aromatic N) is 2. The summed E-state index contributed by atoms with van der Waals surface area (Å²) in [5.41, 5.74) is 44.4. The molecular formula is C100H84N2. The topological polar surface area (TPSA) is 6.48 Å². The maximum absolute atomic E-state index is 2.56. The van der Waals surface area contributed by atoms with Crippen LogP contribution in [0.4, 0.5) is 34.1 Å². The highest BCUT2D eigenvalue weighted by molar-refractivity contribution is 5.98. The van der Waals surface area contributed by atoms with Crippen LogP contribution in [0.15, 0.2) is 291 Å². The van der Waals surface area contributed by atoms with Gasteiger partial charge in [-0.05, 0) is 268 Å². The zero-order valence-electron chi connectivity index (χ0n) is 60.6. The monoisotopic (exact) mass is 1310 g/mol. The van der Waals surface area contributed by atoms with Crippen LogP contribution in [-0.4, -0.2) is 0 Å². The Bertz CT molecular complexity index is 5700. The second-order valence-electron chi connectivity index (χ2n) is 31.4. The van der Waals surface area contributed by atoms with Crippen LogP contribution in [0.3, 0.4) is 0 Å². The molecule has 0 spiro atoms. The lowest BCUT2D eigenvalue weighted by Crippen LogP contribution is -2.18. The van der Waals surface area contributed by atoms with Crippen molar-refractivity contribution in [3.05, 3.63) is 358 Å². The number of hydrogen-bond donors (Lipinski definition) is 0. The Hall–Kier alpha value is -11.3. The fraction of sp³-hybridized carbons (Fsp3) is 0.160. The molecule has 0 atom stereocenters. The van der Waals surface area contributed by atoms with Gasteiger partial charge in [0, 0.05) is 55.5 Å². The molecule has 18 rings (SSSR count). The summed E-state index contributed by atoms with van der Waals surface area (Å²) in [7, 11) is 0. The van der Waals surface area contributed by atoms with Gasteiger partial charge in [-0.2, -0.15) is 0 Å². The third-order valence-corrected chi connectivity index (χ3v) is 24.0. The minimum absolute atomic E-state index is 0.177. The fourth-order valence-electron chi connectivity index (χ4n) is 18.5. The highest BCUT2D eigenvalue weighted by Crippen LogP contribution is 2.58. The van der Waals surface area contributed by atoms with E-state index in [9.17, 15) is 0 Å². The van der Waals surface area contributed by atoms with E-state index in [0.717, 1.165) is 34.1 Å². The summed E-state index contributed by atoms with van der Waals surface area (Å²) in [5, 5.41) is 0. The molecule has 0 N–H and O–H groups in total. The first-order valence-corrected chi connectivity index (χ1v) is 36.5.